The molecule has 122 valence electrons. The molecule has 1 aromatic rings. The van der Waals surface area contributed by atoms with Crippen molar-refractivity contribution in [1.29, 1.82) is 0 Å². The van der Waals surface area contributed by atoms with Crippen molar-refractivity contribution in [2.24, 2.45) is 0 Å². The molecule has 0 radical (unpaired) electrons. The first-order valence-electron chi connectivity index (χ1n) is 7.87. The predicted octanol–water partition coefficient (Wildman–Crippen LogP) is 0.0151. The Morgan fingerprint density at radius 2 is 2.00 bits per heavy atom. The average Bonchev–Trinajstić information content (AvgIpc) is 2.54. The highest BCUT2D eigenvalue weighted by molar-refractivity contribution is 5.95. The lowest BCUT2D eigenvalue weighted by molar-refractivity contribution is -0.152. The first-order valence-corrected chi connectivity index (χ1v) is 7.87. The summed E-state index contributed by atoms with van der Waals surface area (Å²) < 4.78 is 0. The highest BCUT2D eigenvalue weighted by Crippen LogP contribution is 2.16. The number of carbonyl (C=O) groups excluding carboxylic acids is 3. The monoisotopic (exact) mass is 315 g/mol. The molecule has 23 heavy (non-hydrogen) atoms. The van der Waals surface area contributed by atoms with Crippen LogP contribution in [0.15, 0.2) is 18.2 Å². The lowest BCUT2D eigenvalue weighted by Crippen LogP contribution is -2.66. The topological polar surface area (TPSA) is 69.7 Å². The summed E-state index contributed by atoms with van der Waals surface area (Å²) in [7, 11) is 0. The molecule has 2 fully saturated rings. The summed E-state index contributed by atoms with van der Waals surface area (Å²) in [6.45, 7) is 5.32. The van der Waals surface area contributed by atoms with E-state index >= 15 is 0 Å². The summed E-state index contributed by atoms with van der Waals surface area (Å²) in [6.07, 6.45) is 0.323. The summed E-state index contributed by atoms with van der Waals surface area (Å²) in [5, 5.41) is 2.59. The van der Waals surface area contributed by atoms with Gasteiger partial charge in [0, 0.05) is 13.1 Å². The van der Waals surface area contributed by atoms with E-state index < -0.39 is 6.04 Å². The maximum Gasteiger partial charge on any atom is 0.245 e. The number of aryl methyl sites for hydroxylation is 2. The van der Waals surface area contributed by atoms with Crippen molar-refractivity contribution in [3.63, 3.8) is 0 Å². The molecule has 3 rings (SSSR count). The van der Waals surface area contributed by atoms with Crippen LogP contribution in [0.2, 0.25) is 0 Å². The molecule has 0 aromatic heterocycles. The largest absolute Gasteiger partial charge is 0.345 e. The molecule has 0 spiro atoms. The minimum Gasteiger partial charge on any atom is -0.345 e. The summed E-state index contributed by atoms with van der Waals surface area (Å²) in [6, 6.07) is 5.46. The zero-order valence-corrected chi connectivity index (χ0v) is 13.5. The molecule has 2 heterocycles. The number of nitrogens with one attached hydrogen (secondary N) is 1. The van der Waals surface area contributed by atoms with Crippen LogP contribution >= 0.6 is 0 Å². The van der Waals surface area contributed by atoms with Gasteiger partial charge in [0.15, 0.2) is 0 Å². The lowest BCUT2D eigenvalue weighted by Gasteiger charge is -2.42. The fourth-order valence-electron chi connectivity index (χ4n) is 3.11. The second-order valence-corrected chi connectivity index (χ2v) is 6.26. The van der Waals surface area contributed by atoms with E-state index in [1.165, 1.54) is 5.56 Å². The number of rotatable bonds is 2. The molecule has 1 atom stereocenters. The molecule has 2 aliphatic heterocycles. The van der Waals surface area contributed by atoms with Crippen molar-refractivity contribution in [2.45, 2.75) is 26.3 Å². The number of benzene rings is 1. The van der Waals surface area contributed by atoms with Gasteiger partial charge in [-0.25, -0.2) is 0 Å². The van der Waals surface area contributed by atoms with Crippen LogP contribution in [0.25, 0.3) is 0 Å². The van der Waals surface area contributed by atoms with E-state index in [4.69, 9.17) is 0 Å². The zero-order chi connectivity index (χ0) is 16.6. The van der Waals surface area contributed by atoms with Crippen molar-refractivity contribution in [1.82, 2.24) is 15.1 Å². The number of amides is 3. The Kier molecular flexibility index (Phi) is 4.07. The third-order valence-corrected chi connectivity index (χ3v) is 4.70. The number of hydrogen-bond donors (Lipinski definition) is 1. The van der Waals surface area contributed by atoms with Crippen molar-refractivity contribution in [2.75, 3.05) is 26.2 Å². The number of carbonyl (C=O) groups is 3. The van der Waals surface area contributed by atoms with Gasteiger partial charge in [0.05, 0.1) is 19.5 Å². The highest BCUT2D eigenvalue weighted by atomic mass is 16.2. The van der Waals surface area contributed by atoms with Gasteiger partial charge in [0.25, 0.3) is 0 Å². The van der Waals surface area contributed by atoms with Gasteiger partial charge < -0.3 is 15.1 Å². The molecule has 6 heteroatoms. The molecule has 1 N–H and O–H groups in total. The van der Waals surface area contributed by atoms with Crippen LogP contribution in [0.5, 0.6) is 0 Å². The van der Waals surface area contributed by atoms with Crippen LogP contribution in [0.4, 0.5) is 0 Å². The van der Waals surface area contributed by atoms with Crippen LogP contribution in [0, 0.1) is 13.8 Å². The van der Waals surface area contributed by atoms with Gasteiger partial charge in [-0.15, -0.1) is 0 Å². The van der Waals surface area contributed by atoms with Gasteiger partial charge in [0.1, 0.15) is 6.04 Å². The fourth-order valence-corrected chi connectivity index (χ4v) is 3.11. The molecule has 0 unspecified atom stereocenters. The van der Waals surface area contributed by atoms with Crippen LogP contribution in [-0.4, -0.2) is 59.7 Å². The maximum atomic E-state index is 12.5. The number of fused-ring (bicyclic) bond motifs is 1. The highest BCUT2D eigenvalue weighted by Gasteiger charge is 2.39. The van der Waals surface area contributed by atoms with Crippen LogP contribution in [-0.2, 0) is 20.8 Å². The van der Waals surface area contributed by atoms with Crippen molar-refractivity contribution < 1.29 is 14.4 Å². The molecule has 0 aliphatic carbocycles. The molecule has 0 bridgehead atoms. The Balaban J connectivity index is 1.67. The zero-order valence-electron chi connectivity index (χ0n) is 13.5. The third kappa shape index (κ3) is 3.06. The van der Waals surface area contributed by atoms with E-state index in [1.807, 2.05) is 32.0 Å². The Hall–Kier alpha value is -2.37. The minimum atomic E-state index is -0.547. The molecular weight excluding hydrogens is 294 g/mol. The standard InChI is InChI=1S/C17H21N3O3/c1-11-3-4-13(7-12(11)2)8-15(21)19-5-6-20-14(10-19)17(23)18-9-16(20)22/h3-4,7,14H,5-6,8-10H2,1-2H3,(H,18,23)/t14-/m0/s1. The van der Waals surface area contributed by atoms with Gasteiger partial charge >= 0.3 is 0 Å². The van der Waals surface area contributed by atoms with Gasteiger partial charge in [0.2, 0.25) is 17.7 Å². The van der Waals surface area contributed by atoms with Gasteiger partial charge in [-0.3, -0.25) is 14.4 Å². The molecule has 1 aromatic carbocycles. The van der Waals surface area contributed by atoms with Crippen molar-refractivity contribution >= 4 is 17.7 Å². The van der Waals surface area contributed by atoms with E-state index in [2.05, 4.69) is 5.32 Å². The summed E-state index contributed by atoms with van der Waals surface area (Å²) in [5.41, 5.74) is 3.34. The molecule has 0 saturated carbocycles. The smallest absolute Gasteiger partial charge is 0.245 e. The first-order chi connectivity index (χ1) is 11.0. The molecular formula is C17H21N3O3. The minimum absolute atomic E-state index is 0.00118. The van der Waals surface area contributed by atoms with Gasteiger partial charge in [-0.2, -0.15) is 0 Å². The average molecular weight is 315 g/mol. The predicted molar refractivity (Wildman–Crippen MR) is 84.7 cm³/mol. The summed E-state index contributed by atoms with van der Waals surface area (Å²) >= 11 is 0. The van der Waals surface area contributed by atoms with Gasteiger partial charge in [-0.1, -0.05) is 18.2 Å². The number of nitrogens with zero attached hydrogens (tertiary/aromatic N) is 2. The van der Waals surface area contributed by atoms with Crippen molar-refractivity contribution in [3.8, 4) is 0 Å². The van der Waals surface area contributed by atoms with E-state index in [-0.39, 0.29) is 30.8 Å². The van der Waals surface area contributed by atoms with E-state index in [0.29, 0.717) is 19.5 Å². The number of piperazine rings is 2. The molecule has 6 nitrogen and oxygen atoms in total. The van der Waals surface area contributed by atoms with E-state index in [0.717, 1.165) is 11.1 Å². The molecule has 2 aliphatic rings. The Bertz CT molecular complexity index is 671. The molecule has 3 amide bonds. The van der Waals surface area contributed by atoms with Crippen LogP contribution in [0.3, 0.4) is 0 Å². The normalized spacial score (nSPS) is 21.0. The Morgan fingerprint density at radius 1 is 1.22 bits per heavy atom. The lowest BCUT2D eigenvalue weighted by atomic mass is 10.0. The fraction of sp³-hybridized carbons (Fsp3) is 0.471. The van der Waals surface area contributed by atoms with Gasteiger partial charge in [-0.05, 0) is 30.5 Å². The third-order valence-electron chi connectivity index (χ3n) is 4.70. The maximum absolute atomic E-state index is 12.5. The van der Waals surface area contributed by atoms with Crippen LogP contribution in [0.1, 0.15) is 16.7 Å². The molecule has 2 saturated heterocycles. The van der Waals surface area contributed by atoms with Crippen LogP contribution < -0.4 is 5.32 Å². The second kappa shape index (κ2) is 6.02. The summed E-state index contributed by atoms with van der Waals surface area (Å²) in [4.78, 5) is 39.5. The summed E-state index contributed by atoms with van der Waals surface area (Å²) in [5.74, 6) is -0.247. The number of hydrogen-bond acceptors (Lipinski definition) is 3. The van der Waals surface area contributed by atoms with E-state index in [1.54, 1.807) is 9.80 Å². The SMILES string of the molecule is Cc1ccc(CC(=O)N2CCN3C(=O)CNC(=O)[C@@H]3C2)cc1C. The Morgan fingerprint density at radius 3 is 2.74 bits per heavy atom. The Labute approximate surface area is 135 Å². The van der Waals surface area contributed by atoms with Crippen molar-refractivity contribution in [3.05, 3.63) is 34.9 Å². The van der Waals surface area contributed by atoms with E-state index in [9.17, 15) is 14.4 Å². The second-order valence-electron chi connectivity index (χ2n) is 6.26. The first kappa shape index (κ1) is 15.5. The quantitative estimate of drug-likeness (QED) is 0.836.